The van der Waals surface area contributed by atoms with Crippen molar-refractivity contribution < 1.29 is 9.53 Å². The number of ketones is 1. The van der Waals surface area contributed by atoms with Crippen molar-refractivity contribution >= 4 is 11.5 Å². The summed E-state index contributed by atoms with van der Waals surface area (Å²) in [6, 6.07) is 12.3. The van der Waals surface area contributed by atoms with Gasteiger partial charge in [0.05, 0.1) is 12.1 Å². The van der Waals surface area contributed by atoms with Gasteiger partial charge in [0.25, 0.3) is 0 Å². The maximum Gasteiger partial charge on any atom is 0.207 e. The van der Waals surface area contributed by atoms with Crippen molar-refractivity contribution in [3.63, 3.8) is 0 Å². The van der Waals surface area contributed by atoms with Crippen LogP contribution in [0.25, 0.3) is 0 Å². The molecule has 2 aromatic carbocycles. The number of rotatable bonds is 4. The highest BCUT2D eigenvalue weighted by Gasteiger charge is 2.36. The zero-order valence-corrected chi connectivity index (χ0v) is 16.4. The molecular formula is C24H26N2O2. The number of carbonyl (C=O) groups excluding carboxylic acids is 1. The third kappa shape index (κ3) is 3.06. The lowest BCUT2D eigenvalue weighted by atomic mass is 9.97. The van der Waals surface area contributed by atoms with Gasteiger partial charge in [-0.1, -0.05) is 36.8 Å². The van der Waals surface area contributed by atoms with Crippen LogP contribution in [-0.4, -0.2) is 35.6 Å². The minimum absolute atomic E-state index is 0.0991. The van der Waals surface area contributed by atoms with E-state index in [0.29, 0.717) is 13.0 Å². The van der Waals surface area contributed by atoms with Crippen LogP contribution in [0.1, 0.15) is 58.3 Å². The van der Waals surface area contributed by atoms with E-state index in [0.717, 1.165) is 36.7 Å². The Labute approximate surface area is 166 Å². The lowest BCUT2D eigenvalue weighted by Gasteiger charge is -2.27. The Kier molecular flexibility index (Phi) is 4.52. The summed E-state index contributed by atoms with van der Waals surface area (Å²) in [5, 5.41) is 0. The van der Waals surface area contributed by atoms with E-state index in [2.05, 4.69) is 35.0 Å². The molecule has 3 aliphatic heterocycles. The number of aliphatic imine (C=N–C) groups is 1. The first-order valence-electron chi connectivity index (χ1n) is 10.4. The van der Waals surface area contributed by atoms with Gasteiger partial charge in [0, 0.05) is 29.8 Å². The summed E-state index contributed by atoms with van der Waals surface area (Å²) in [5.41, 5.74) is 6.54. The van der Waals surface area contributed by atoms with Gasteiger partial charge >= 0.3 is 0 Å². The highest BCUT2D eigenvalue weighted by Crippen LogP contribution is 2.37. The number of piperidine rings is 1. The van der Waals surface area contributed by atoms with Gasteiger partial charge in [0.1, 0.15) is 5.75 Å². The molecular weight excluding hydrogens is 348 g/mol. The highest BCUT2D eigenvalue weighted by atomic mass is 16.5. The number of hydrogen-bond acceptors (Lipinski definition) is 4. The number of aryl methyl sites for hydroxylation is 1. The normalized spacial score (nSPS) is 21.2. The second-order valence-electron chi connectivity index (χ2n) is 8.17. The Balaban J connectivity index is 1.39. The first kappa shape index (κ1) is 17.6. The van der Waals surface area contributed by atoms with Gasteiger partial charge < -0.3 is 4.74 Å². The Morgan fingerprint density at radius 2 is 1.89 bits per heavy atom. The summed E-state index contributed by atoms with van der Waals surface area (Å²) in [5.74, 6) is 0.912. The van der Waals surface area contributed by atoms with Crippen molar-refractivity contribution in [2.24, 2.45) is 4.99 Å². The molecule has 0 N–H and O–H groups in total. The molecule has 3 heterocycles. The summed E-state index contributed by atoms with van der Waals surface area (Å²) in [6.45, 7) is 5.97. The minimum atomic E-state index is -0.457. The van der Waals surface area contributed by atoms with Crippen LogP contribution in [0.15, 0.2) is 41.4 Å². The zero-order valence-electron chi connectivity index (χ0n) is 16.4. The molecule has 1 unspecified atom stereocenters. The highest BCUT2D eigenvalue weighted by molar-refractivity contribution is 6.11. The number of carbonyl (C=O) groups is 1. The van der Waals surface area contributed by atoms with Gasteiger partial charge in [-0.2, -0.15) is 0 Å². The first-order chi connectivity index (χ1) is 13.7. The number of hydrogen-bond donors (Lipinski definition) is 0. The summed E-state index contributed by atoms with van der Waals surface area (Å²) in [7, 11) is 0. The quantitative estimate of drug-likeness (QED) is 0.800. The molecule has 2 aromatic rings. The van der Waals surface area contributed by atoms with Gasteiger partial charge in [0.2, 0.25) is 5.78 Å². The van der Waals surface area contributed by atoms with Crippen LogP contribution in [-0.2, 0) is 13.1 Å². The number of likely N-dealkylation sites (tertiary alicyclic amines) is 1. The molecule has 28 heavy (non-hydrogen) atoms. The molecule has 1 saturated heterocycles. The van der Waals surface area contributed by atoms with Crippen LogP contribution in [0.5, 0.6) is 5.75 Å². The topological polar surface area (TPSA) is 41.9 Å². The Bertz CT molecular complexity index is 957. The third-order valence-corrected chi connectivity index (χ3v) is 6.29. The van der Waals surface area contributed by atoms with Crippen LogP contribution in [0.4, 0.5) is 0 Å². The van der Waals surface area contributed by atoms with E-state index < -0.39 is 6.10 Å². The summed E-state index contributed by atoms with van der Waals surface area (Å²) in [6.07, 6.45) is 3.93. The van der Waals surface area contributed by atoms with Crippen LogP contribution in [0.2, 0.25) is 0 Å². The predicted octanol–water partition coefficient (Wildman–Crippen LogP) is 4.32. The maximum absolute atomic E-state index is 13.1. The van der Waals surface area contributed by atoms with E-state index in [9.17, 15) is 4.79 Å². The number of ether oxygens (including phenoxy) is 1. The fourth-order valence-corrected chi connectivity index (χ4v) is 4.65. The molecule has 4 heteroatoms. The van der Waals surface area contributed by atoms with Gasteiger partial charge in [0.15, 0.2) is 6.10 Å². The molecule has 0 spiro atoms. The standard InChI is InChI=1S/C24H26N2O2/c1-16-9-10-19-23(27)22(13-21-18-8-4-3-7-17(18)14-25-21)28-24(19)20(16)15-26-11-5-2-6-12-26/h3-4,7-10,22H,2,5-6,11-15H2,1H3. The summed E-state index contributed by atoms with van der Waals surface area (Å²) < 4.78 is 6.29. The molecule has 1 fully saturated rings. The Morgan fingerprint density at radius 1 is 1.07 bits per heavy atom. The van der Waals surface area contributed by atoms with Gasteiger partial charge in [-0.15, -0.1) is 0 Å². The van der Waals surface area contributed by atoms with Crippen molar-refractivity contribution in [3.8, 4) is 5.75 Å². The average molecular weight is 374 g/mol. The minimum Gasteiger partial charge on any atom is -0.481 e. The molecule has 3 aliphatic rings. The first-order valence-corrected chi connectivity index (χ1v) is 10.4. The smallest absolute Gasteiger partial charge is 0.207 e. The number of nitrogens with zero attached hydrogens (tertiary/aromatic N) is 2. The third-order valence-electron chi connectivity index (χ3n) is 6.29. The van der Waals surface area contributed by atoms with Crippen LogP contribution in [0, 0.1) is 6.92 Å². The van der Waals surface area contributed by atoms with Gasteiger partial charge in [-0.25, -0.2) is 0 Å². The fraction of sp³-hybridized carbons (Fsp3) is 0.417. The van der Waals surface area contributed by atoms with Gasteiger partial charge in [-0.05, 0) is 50.0 Å². The molecule has 0 saturated carbocycles. The molecule has 0 bridgehead atoms. The Hall–Kier alpha value is -2.46. The number of Topliss-reactive ketones (excluding diaryl/α,β-unsaturated/α-hetero) is 1. The van der Waals surface area contributed by atoms with Crippen LogP contribution >= 0.6 is 0 Å². The van der Waals surface area contributed by atoms with Crippen molar-refractivity contribution in [2.45, 2.75) is 51.8 Å². The lowest BCUT2D eigenvalue weighted by molar-refractivity contribution is 0.0864. The molecule has 0 aromatic heterocycles. The SMILES string of the molecule is Cc1ccc2c(c1CN1CCCCC1)OC(CC1=NCc3ccccc31)C2=O. The summed E-state index contributed by atoms with van der Waals surface area (Å²) >= 11 is 0. The van der Waals surface area contributed by atoms with Gasteiger partial charge in [-0.3, -0.25) is 14.7 Å². The van der Waals surface area contributed by atoms with E-state index >= 15 is 0 Å². The van der Waals surface area contributed by atoms with Crippen molar-refractivity contribution in [1.82, 2.24) is 4.90 Å². The molecule has 1 atom stereocenters. The van der Waals surface area contributed by atoms with E-state index in [1.165, 1.54) is 41.5 Å². The van der Waals surface area contributed by atoms with E-state index in [1.54, 1.807) is 0 Å². The number of benzene rings is 2. The fourth-order valence-electron chi connectivity index (χ4n) is 4.65. The van der Waals surface area contributed by atoms with E-state index in [-0.39, 0.29) is 5.78 Å². The monoisotopic (exact) mass is 374 g/mol. The van der Waals surface area contributed by atoms with Crippen molar-refractivity contribution in [3.05, 3.63) is 64.2 Å². The molecule has 0 amide bonds. The molecule has 0 aliphatic carbocycles. The molecule has 0 radical (unpaired) electrons. The second kappa shape index (κ2) is 7.17. The largest absolute Gasteiger partial charge is 0.481 e. The maximum atomic E-state index is 13.1. The second-order valence-corrected chi connectivity index (χ2v) is 8.17. The van der Waals surface area contributed by atoms with Crippen LogP contribution in [0.3, 0.4) is 0 Å². The van der Waals surface area contributed by atoms with Crippen LogP contribution < -0.4 is 4.74 Å². The summed E-state index contributed by atoms with van der Waals surface area (Å²) in [4.78, 5) is 20.2. The zero-order chi connectivity index (χ0) is 19.1. The molecule has 4 nitrogen and oxygen atoms in total. The Morgan fingerprint density at radius 3 is 2.75 bits per heavy atom. The van der Waals surface area contributed by atoms with Crippen molar-refractivity contribution in [2.75, 3.05) is 13.1 Å². The molecule has 5 rings (SSSR count). The lowest BCUT2D eigenvalue weighted by Crippen LogP contribution is -2.29. The van der Waals surface area contributed by atoms with E-state index in [4.69, 9.17) is 4.74 Å². The molecule has 144 valence electrons. The van der Waals surface area contributed by atoms with E-state index in [1.807, 2.05) is 18.2 Å². The number of fused-ring (bicyclic) bond motifs is 2. The predicted molar refractivity (Wildman–Crippen MR) is 110 cm³/mol. The average Bonchev–Trinajstić information content (AvgIpc) is 3.27. The van der Waals surface area contributed by atoms with Crippen molar-refractivity contribution in [1.29, 1.82) is 0 Å².